The SMILES string of the molecule is Cc1cc[cH-]c1.Cc1cc[cH-]c1.[Be+2]. The van der Waals surface area contributed by atoms with Crippen molar-refractivity contribution in [2.24, 2.45) is 0 Å². The van der Waals surface area contributed by atoms with E-state index in [0.717, 1.165) is 0 Å². The van der Waals surface area contributed by atoms with E-state index in [-0.39, 0.29) is 10.1 Å². The molecule has 0 aromatic heterocycles. The summed E-state index contributed by atoms with van der Waals surface area (Å²) < 4.78 is 0. The van der Waals surface area contributed by atoms with Gasteiger partial charge in [0, 0.05) is 0 Å². The van der Waals surface area contributed by atoms with Crippen molar-refractivity contribution < 1.29 is 0 Å². The van der Waals surface area contributed by atoms with Gasteiger partial charge in [-0.05, 0) is 0 Å². The molecule has 0 aliphatic rings. The van der Waals surface area contributed by atoms with Crippen molar-refractivity contribution in [3.05, 3.63) is 59.7 Å². The maximum Gasteiger partial charge on any atom is 2.00 e. The Balaban J connectivity index is 0.000000206. The van der Waals surface area contributed by atoms with E-state index in [2.05, 4.69) is 38.1 Å². The summed E-state index contributed by atoms with van der Waals surface area (Å²) in [4.78, 5) is 0. The molecule has 2 aromatic rings. The van der Waals surface area contributed by atoms with Gasteiger partial charge >= 0.3 is 10.1 Å². The van der Waals surface area contributed by atoms with Crippen LogP contribution in [0.4, 0.5) is 0 Å². The molecule has 1 heteroatoms. The first-order chi connectivity index (χ1) is 5.79. The quantitative estimate of drug-likeness (QED) is 0.418. The average Bonchev–Trinajstić information content (AvgIpc) is 2.63. The molecule has 0 amide bonds. The normalized spacial score (nSPS) is 8.15. The van der Waals surface area contributed by atoms with E-state index in [9.17, 15) is 0 Å². The van der Waals surface area contributed by atoms with Crippen molar-refractivity contribution in [3.63, 3.8) is 0 Å². The summed E-state index contributed by atoms with van der Waals surface area (Å²) in [5, 5.41) is 0. The van der Waals surface area contributed by atoms with Gasteiger partial charge in [-0.3, -0.25) is 0 Å². The Kier molecular flexibility index (Phi) is 5.84. The van der Waals surface area contributed by atoms with Crippen molar-refractivity contribution in [3.8, 4) is 0 Å². The first-order valence-electron chi connectivity index (χ1n) is 4.15. The molecule has 0 bridgehead atoms. The van der Waals surface area contributed by atoms with Crippen LogP contribution in [0.3, 0.4) is 0 Å². The van der Waals surface area contributed by atoms with Crippen LogP contribution in [0.1, 0.15) is 11.1 Å². The van der Waals surface area contributed by atoms with Crippen LogP contribution in [0, 0.1) is 13.8 Å². The van der Waals surface area contributed by atoms with Crippen molar-refractivity contribution >= 4 is 10.1 Å². The molecule has 13 heavy (non-hydrogen) atoms. The molecule has 0 N–H and O–H groups in total. The van der Waals surface area contributed by atoms with Crippen molar-refractivity contribution in [2.45, 2.75) is 13.8 Å². The molecule has 2 aromatic carbocycles. The largest absolute Gasteiger partial charge is 2.00 e. The molecule has 0 radical (unpaired) electrons. The van der Waals surface area contributed by atoms with Crippen LogP contribution in [0.5, 0.6) is 0 Å². The molecule has 64 valence electrons. The molecule has 0 spiro atoms. The van der Waals surface area contributed by atoms with Crippen molar-refractivity contribution in [2.75, 3.05) is 0 Å². The molecule has 0 aliphatic heterocycles. The number of rotatable bonds is 0. The van der Waals surface area contributed by atoms with Crippen molar-refractivity contribution in [1.29, 1.82) is 0 Å². The predicted octanol–water partition coefficient (Wildman–Crippen LogP) is 3.05. The Labute approximate surface area is 84.2 Å². The molecular formula is C12H14Be. The fourth-order valence-electron chi connectivity index (χ4n) is 0.940. The Morgan fingerprint density at radius 2 is 1.23 bits per heavy atom. The third-order valence-electron chi connectivity index (χ3n) is 1.66. The van der Waals surface area contributed by atoms with E-state index in [0.29, 0.717) is 0 Å². The zero-order chi connectivity index (χ0) is 8.81. The Hall–Kier alpha value is -1.13. The standard InChI is InChI=1S/2C6H7.Be/c2*1-6-4-2-3-5-6;/h2*2-5H,1H3;/q2*-1;+2. The van der Waals surface area contributed by atoms with E-state index in [4.69, 9.17) is 0 Å². The van der Waals surface area contributed by atoms with Crippen LogP contribution in [-0.4, -0.2) is 10.1 Å². The van der Waals surface area contributed by atoms with E-state index in [1.165, 1.54) is 11.1 Å². The van der Waals surface area contributed by atoms with Crippen LogP contribution < -0.4 is 0 Å². The summed E-state index contributed by atoms with van der Waals surface area (Å²) in [5.41, 5.74) is 2.69. The zero-order valence-electron chi connectivity index (χ0n) is 8.33. The fraction of sp³-hybridized carbons (Fsp3) is 0.167. The van der Waals surface area contributed by atoms with Gasteiger partial charge < -0.3 is 0 Å². The average molecular weight is 167 g/mol. The summed E-state index contributed by atoms with van der Waals surface area (Å²) in [6, 6.07) is 16.5. The zero-order valence-corrected chi connectivity index (χ0v) is 8.33. The smallest absolute Gasteiger partial charge is 0.211 e. The molecule has 0 aliphatic carbocycles. The second-order valence-electron chi connectivity index (χ2n) is 2.92. The molecule has 0 heterocycles. The third-order valence-corrected chi connectivity index (χ3v) is 1.66. The van der Waals surface area contributed by atoms with Gasteiger partial charge in [0.15, 0.2) is 0 Å². The fourth-order valence-corrected chi connectivity index (χ4v) is 0.940. The second kappa shape index (κ2) is 6.39. The molecule has 0 saturated carbocycles. The van der Waals surface area contributed by atoms with Gasteiger partial charge in [-0.25, -0.2) is 23.3 Å². The number of aryl methyl sites for hydroxylation is 2. The van der Waals surface area contributed by atoms with Crippen LogP contribution in [0.2, 0.25) is 0 Å². The first kappa shape index (κ1) is 11.9. The van der Waals surface area contributed by atoms with Gasteiger partial charge in [-0.1, -0.05) is 13.8 Å². The maximum absolute atomic E-state index is 2.08. The summed E-state index contributed by atoms with van der Waals surface area (Å²) in [7, 11) is 0. The summed E-state index contributed by atoms with van der Waals surface area (Å²) in [5.74, 6) is 0. The minimum Gasteiger partial charge on any atom is -0.211 e. The maximum atomic E-state index is 2.08. The summed E-state index contributed by atoms with van der Waals surface area (Å²) in [6.07, 6.45) is 0. The topological polar surface area (TPSA) is 0 Å². The summed E-state index contributed by atoms with van der Waals surface area (Å²) in [6.45, 7) is 4.17. The van der Waals surface area contributed by atoms with Crippen LogP contribution >= 0.6 is 0 Å². The van der Waals surface area contributed by atoms with Crippen LogP contribution in [-0.2, 0) is 0 Å². The van der Waals surface area contributed by atoms with Crippen LogP contribution in [0.25, 0.3) is 0 Å². The Bertz CT molecular complexity index is 245. The van der Waals surface area contributed by atoms with Gasteiger partial charge in [0.05, 0.1) is 0 Å². The predicted molar refractivity (Wildman–Crippen MR) is 59.3 cm³/mol. The minimum atomic E-state index is 0. The van der Waals surface area contributed by atoms with Gasteiger partial charge in [-0.2, -0.15) is 36.4 Å². The van der Waals surface area contributed by atoms with E-state index < -0.39 is 0 Å². The van der Waals surface area contributed by atoms with Crippen molar-refractivity contribution in [1.82, 2.24) is 0 Å². The molecule has 0 unspecified atom stereocenters. The number of hydrogen-bond donors (Lipinski definition) is 0. The van der Waals surface area contributed by atoms with Gasteiger partial charge in [-0.15, -0.1) is 0 Å². The van der Waals surface area contributed by atoms with E-state index in [1.54, 1.807) is 0 Å². The molecule has 2 rings (SSSR count). The molecule has 0 nitrogen and oxygen atoms in total. The first-order valence-corrected chi connectivity index (χ1v) is 4.15. The summed E-state index contributed by atoms with van der Waals surface area (Å²) >= 11 is 0. The minimum absolute atomic E-state index is 0. The van der Waals surface area contributed by atoms with Gasteiger partial charge in [0.25, 0.3) is 0 Å². The molecule has 0 saturated heterocycles. The van der Waals surface area contributed by atoms with E-state index in [1.807, 2.05) is 24.3 Å². The van der Waals surface area contributed by atoms with Gasteiger partial charge in [0.2, 0.25) is 0 Å². The molecule has 0 fully saturated rings. The Morgan fingerprint density at radius 1 is 0.846 bits per heavy atom. The molecular weight excluding hydrogens is 153 g/mol. The van der Waals surface area contributed by atoms with E-state index >= 15 is 0 Å². The van der Waals surface area contributed by atoms with Crippen LogP contribution in [0.15, 0.2) is 48.5 Å². The number of hydrogen-bond acceptors (Lipinski definition) is 0. The molecule has 0 atom stereocenters. The van der Waals surface area contributed by atoms with Gasteiger partial charge in [0.1, 0.15) is 0 Å². The second-order valence-corrected chi connectivity index (χ2v) is 2.92. The Morgan fingerprint density at radius 3 is 1.31 bits per heavy atom. The monoisotopic (exact) mass is 167 g/mol. The third kappa shape index (κ3) is 5.16.